The van der Waals surface area contributed by atoms with Gasteiger partial charge in [-0.2, -0.15) is 5.10 Å². The molecule has 0 fully saturated rings. The van der Waals surface area contributed by atoms with Crippen LogP contribution in [0.25, 0.3) is 0 Å². The van der Waals surface area contributed by atoms with Gasteiger partial charge in [-0.25, -0.2) is 5.43 Å². The van der Waals surface area contributed by atoms with Gasteiger partial charge in [-0.3, -0.25) is 4.79 Å². The standard InChI is InChI=1S/C21H26N2O2/c1-16(2)19-12-11-17(3)14-20(19)25-15-21(24)23-22-13-7-10-18-8-5-4-6-9-18/h4-6,8-9,11-14,16H,7,10,15H2,1-3H3,(H,23,24)/b22-13+. The van der Waals surface area contributed by atoms with Crippen LogP contribution >= 0.6 is 0 Å². The number of aryl methyl sites for hydroxylation is 2. The topological polar surface area (TPSA) is 50.7 Å². The molecule has 0 spiro atoms. The summed E-state index contributed by atoms with van der Waals surface area (Å²) < 4.78 is 5.68. The third-order valence-corrected chi connectivity index (χ3v) is 3.84. The highest BCUT2D eigenvalue weighted by atomic mass is 16.5. The SMILES string of the molecule is Cc1ccc(C(C)C)c(OCC(=O)N/N=C/CCc2ccccc2)c1. The first-order chi connectivity index (χ1) is 12.1. The molecule has 4 heteroatoms. The number of nitrogens with zero attached hydrogens (tertiary/aromatic N) is 1. The largest absolute Gasteiger partial charge is 0.483 e. The van der Waals surface area contributed by atoms with Crippen LogP contribution in [0.3, 0.4) is 0 Å². The van der Waals surface area contributed by atoms with Crippen molar-refractivity contribution in [3.05, 3.63) is 65.2 Å². The summed E-state index contributed by atoms with van der Waals surface area (Å²) in [5.74, 6) is 0.847. The molecule has 1 N–H and O–H groups in total. The average Bonchev–Trinajstić information content (AvgIpc) is 2.60. The second kappa shape index (κ2) is 9.62. The molecule has 25 heavy (non-hydrogen) atoms. The van der Waals surface area contributed by atoms with Crippen LogP contribution in [0, 0.1) is 6.92 Å². The predicted octanol–water partition coefficient (Wildman–Crippen LogP) is 4.23. The quantitative estimate of drug-likeness (QED) is 0.578. The third-order valence-electron chi connectivity index (χ3n) is 3.84. The van der Waals surface area contributed by atoms with Crippen molar-refractivity contribution in [2.45, 2.75) is 39.5 Å². The van der Waals surface area contributed by atoms with E-state index in [-0.39, 0.29) is 12.5 Å². The van der Waals surface area contributed by atoms with Crippen molar-refractivity contribution in [3.8, 4) is 5.75 Å². The lowest BCUT2D eigenvalue weighted by Crippen LogP contribution is -2.24. The van der Waals surface area contributed by atoms with E-state index in [2.05, 4.69) is 48.6 Å². The molecule has 0 radical (unpaired) electrons. The molecule has 4 nitrogen and oxygen atoms in total. The summed E-state index contributed by atoms with van der Waals surface area (Å²) in [5, 5.41) is 3.97. The number of ether oxygens (including phenoxy) is 1. The number of nitrogens with one attached hydrogen (secondary N) is 1. The summed E-state index contributed by atoms with van der Waals surface area (Å²) in [5.41, 5.74) is 5.97. The number of hydrogen-bond donors (Lipinski definition) is 1. The smallest absolute Gasteiger partial charge is 0.277 e. The summed E-state index contributed by atoms with van der Waals surface area (Å²) in [6.45, 7) is 6.18. The fourth-order valence-corrected chi connectivity index (χ4v) is 2.48. The zero-order valence-corrected chi connectivity index (χ0v) is 15.2. The normalized spacial score (nSPS) is 11.0. The predicted molar refractivity (Wildman–Crippen MR) is 102 cm³/mol. The van der Waals surface area contributed by atoms with Crippen molar-refractivity contribution < 1.29 is 9.53 Å². The van der Waals surface area contributed by atoms with Crippen LogP contribution in [-0.4, -0.2) is 18.7 Å². The Hall–Kier alpha value is -2.62. The first kappa shape index (κ1) is 18.7. The summed E-state index contributed by atoms with van der Waals surface area (Å²) >= 11 is 0. The van der Waals surface area contributed by atoms with E-state index in [1.807, 2.05) is 31.2 Å². The Morgan fingerprint density at radius 1 is 1.20 bits per heavy atom. The highest BCUT2D eigenvalue weighted by Gasteiger charge is 2.09. The highest BCUT2D eigenvalue weighted by molar-refractivity contribution is 5.78. The van der Waals surface area contributed by atoms with Gasteiger partial charge in [0, 0.05) is 6.21 Å². The van der Waals surface area contributed by atoms with E-state index in [1.165, 1.54) is 5.56 Å². The lowest BCUT2D eigenvalue weighted by atomic mass is 10.0. The second-order valence-corrected chi connectivity index (χ2v) is 6.36. The molecule has 2 aromatic rings. The molecular formula is C21H26N2O2. The molecule has 0 unspecified atom stereocenters. The van der Waals surface area contributed by atoms with Crippen molar-refractivity contribution in [2.24, 2.45) is 5.10 Å². The van der Waals surface area contributed by atoms with Gasteiger partial charge in [0.25, 0.3) is 5.91 Å². The first-order valence-corrected chi connectivity index (χ1v) is 8.64. The summed E-state index contributed by atoms with van der Waals surface area (Å²) in [6, 6.07) is 16.3. The van der Waals surface area contributed by atoms with E-state index in [0.717, 1.165) is 29.7 Å². The molecule has 0 aliphatic rings. The van der Waals surface area contributed by atoms with Crippen LogP contribution in [0.15, 0.2) is 53.6 Å². The molecule has 2 rings (SSSR count). The number of amides is 1. The van der Waals surface area contributed by atoms with Gasteiger partial charge in [0.2, 0.25) is 0 Å². The van der Waals surface area contributed by atoms with Crippen LogP contribution < -0.4 is 10.2 Å². The van der Waals surface area contributed by atoms with Crippen LogP contribution in [0.5, 0.6) is 5.75 Å². The van der Waals surface area contributed by atoms with Crippen LogP contribution in [-0.2, 0) is 11.2 Å². The molecule has 0 aromatic heterocycles. The van der Waals surface area contributed by atoms with Gasteiger partial charge in [0.15, 0.2) is 6.61 Å². The number of hydrazone groups is 1. The van der Waals surface area contributed by atoms with E-state index in [1.54, 1.807) is 6.21 Å². The lowest BCUT2D eigenvalue weighted by Gasteiger charge is -2.14. The van der Waals surface area contributed by atoms with Gasteiger partial charge in [-0.05, 0) is 48.4 Å². The van der Waals surface area contributed by atoms with Crippen LogP contribution in [0.1, 0.15) is 42.9 Å². The molecular weight excluding hydrogens is 312 g/mol. The van der Waals surface area contributed by atoms with E-state index < -0.39 is 0 Å². The Bertz CT molecular complexity index is 709. The average molecular weight is 338 g/mol. The molecule has 2 aromatic carbocycles. The zero-order chi connectivity index (χ0) is 18.1. The molecule has 0 saturated carbocycles. The summed E-state index contributed by atoms with van der Waals surface area (Å²) in [6.07, 6.45) is 3.40. The van der Waals surface area contributed by atoms with Crippen molar-refractivity contribution in [1.29, 1.82) is 0 Å². The minimum Gasteiger partial charge on any atom is -0.483 e. The van der Waals surface area contributed by atoms with Crippen molar-refractivity contribution in [1.82, 2.24) is 5.43 Å². The molecule has 0 saturated heterocycles. The maximum absolute atomic E-state index is 11.9. The molecule has 1 amide bonds. The Balaban J connectivity index is 1.75. The Morgan fingerprint density at radius 3 is 2.68 bits per heavy atom. The molecule has 0 heterocycles. The molecule has 0 bridgehead atoms. The van der Waals surface area contributed by atoms with E-state index in [4.69, 9.17) is 4.74 Å². The minimum atomic E-state index is -0.257. The van der Waals surface area contributed by atoms with Gasteiger partial charge >= 0.3 is 0 Å². The fourth-order valence-electron chi connectivity index (χ4n) is 2.48. The lowest BCUT2D eigenvalue weighted by molar-refractivity contribution is -0.123. The van der Waals surface area contributed by atoms with Gasteiger partial charge < -0.3 is 4.74 Å². The molecule has 0 aliphatic carbocycles. The maximum atomic E-state index is 11.9. The van der Waals surface area contributed by atoms with Crippen LogP contribution in [0.2, 0.25) is 0 Å². The third kappa shape index (κ3) is 6.42. The number of rotatable bonds is 8. The van der Waals surface area contributed by atoms with Gasteiger partial charge in [-0.15, -0.1) is 0 Å². The van der Waals surface area contributed by atoms with Gasteiger partial charge in [0.05, 0.1) is 0 Å². The summed E-state index contributed by atoms with van der Waals surface area (Å²) in [7, 11) is 0. The Labute approximate surface area is 149 Å². The maximum Gasteiger partial charge on any atom is 0.277 e. The minimum absolute atomic E-state index is 0.0425. The van der Waals surface area contributed by atoms with Crippen LogP contribution in [0.4, 0.5) is 0 Å². The van der Waals surface area contributed by atoms with E-state index >= 15 is 0 Å². The van der Waals surface area contributed by atoms with Crippen molar-refractivity contribution >= 4 is 12.1 Å². The zero-order valence-electron chi connectivity index (χ0n) is 15.2. The van der Waals surface area contributed by atoms with Gasteiger partial charge in [0.1, 0.15) is 5.75 Å². The number of carbonyl (C=O) groups is 1. The number of hydrogen-bond acceptors (Lipinski definition) is 3. The Morgan fingerprint density at radius 2 is 1.96 bits per heavy atom. The first-order valence-electron chi connectivity index (χ1n) is 8.64. The summed E-state index contributed by atoms with van der Waals surface area (Å²) in [4.78, 5) is 11.9. The number of carbonyl (C=O) groups excluding carboxylic acids is 1. The van der Waals surface area contributed by atoms with E-state index in [9.17, 15) is 4.79 Å². The molecule has 0 atom stereocenters. The second-order valence-electron chi connectivity index (χ2n) is 6.36. The highest BCUT2D eigenvalue weighted by Crippen LogP contribution is 2.27. The fraction of sp³-hybridized carbons (Fsp3) is 0.333. The Kier molecular flexibility index (Phi) is 7.20. The van der Waals surface area contributed by atoms with Crippen molar-refractivity contribution in [2.75, 3.05) is 6.61 Å². The van der Waals surface area contributed by atoms with E-state index in [0.29, 0.717) is 5.92 Å². The monoisotopic (exact) mass is 338 g/mol. The molecule has 0 aliphatic heterocycles. The molecule has 132 valence electrons. The van der Waals surface area contributed by atoms with Gasteiger partial charge in [-0.1, -0.05) is 56.3 Å². The van der Waals surface area contributed by atoms with Crippen molar-refractivity contribution in [3.63, 3.8) is 0 Å². The number of benzene rings is 2.